The highest BCUT2D eigenvalue weighted by Gasteiger charge is 2.28. The molecule has 1 saturated heterocycles. The number of pyridine rings is 1. The SMILES string of the molecule is CCCOc1cc(OCCCCN(C)CC(=O)NCCCCC(=O)N2CCN(c3ccc(Nc4ncc5c(C)c(C(C)=O)c(=O)n(C6CCCC6)c5n4)cc3)CC2)cc(Oc2cc3c(cc2NS(=O)(=O)c2ccc(OC)c(OC)c2)n(C)c(=O)n3C)c1. The Balaban J connectivity index is 0.690. The van der Waals surface area contributed by atoms with Crippen molar-refractivity contribution in [3.8, 4) is 34.5 Å². The van der Waals surface area contributed by atoms with Crippen molar-refractivity contribution in [2.45, 2.75) is 95.9 Å². The van der Waals surface area contributed by atoms with Gasteiger partial charge in [0.15, 0.2) is 23.0 Å². The third kappa shape index (κ3) is 15.0. The zero-order valence-corrected chi connectivity index (χ0v) is 51.7. The molecule has 7 aromatic rings. The number of fused-ring (bicyclic) bond motifs is 2. The molecular weight excluding hydrogens is 1130 g/mol. The lowest BCUT2D eigenvalue weighted by atomic mass is 10.0. The van der Waals surface area contributed by atoms with Gasteiger partial charge in [-0.15, -0.1) is 0 Å². The number of benzene rings is 4. The van der Waals surface area contributed by atoms with Crippen LogP contribution in [0.5, 0.6) is 34.5 Å². The number of unbranched alkanes of at least 4 members (excludes halogenated alkanes) is 2. The predicted molar refractivity (Wildman–Crippen MR) is 334 cm³/mol. The van der Waals surface area contributed by atoms with E-state index in [0.29, 0.717) is 135 Å². The Morgan fingerprint density at radius 3 is 2.14 bits per heavy atom. The number of ether oxygens (including phenoxy) is 5. The number of carbonyl (C=O) groups is 3. The smallest absolute Gasteiger partial charge is 0.328 e. The average Bonchev–Trinajstić information content (AvgIpc) is 1.82. The average molecular weight is 1210 g/mol. The van der Waals surface area contributed by atoms with Crippen LogP contribution in [-0.4, -0.2) is 140 Å². The van der Waals surface area contributed by atoms with E-state index in [0.717, 1.165) is 49.9 Å². The molecule has 24 heteroatoms. The van der Waals surface area contributed by atoms with E-state index in [4.69, 9.17) is 28.7 Å². The molecule has 3 aromatic heterocycles. The quantitative estimate of drug-likeness (QED) is 0.0307. The predicted octanol–water partition coefficient (Wildman–Crippen LogP) is 8.48. The molecule has 23 nitrogen and oxygen atoms in total. The number of hydrogen-bond acceptors (Lipinski definition) is 17. The van der Waals surface area contributed by atoms with E-state index in [1.54, 1.807) is 62.1 Å². The number of likely N-dealkylation sites (N-methyl/N-ethyl adjacent to an activating group) is 1. The van der Waals surface area contributed by atoms with Gasteiger partial charge in [-0.3, -0.25) is 42.5 Å². The molecule has 0 bridgehead atoms. The Morgan fingerprint density at radius 1 is 0.782 bits per heavy atom. The van der Waals surface area contributed by atoms with E-state index in [9.17, 15) is 32.4 Å². The Bertz CT molecular complexity index is 3870. The van der Waals surface area contributed by atoms with Crippen LogP contribution in [0.15, 0.2) is 93.5 Å². The van der Waals surface area contributed by atoms with Crippen LogP contribution in [0, 0.1) is 6.92 Å². The molecule has 4 aromatic carbocycles. The summed E-state index contributed by atoms with van der Waals surface area (Å²) in [5, 5.41) is 6.99. The normalized spacial score (nSPS) is 13.8. The van der Waals surface area contributed by atoms with Crippen molar-refractivity contribution in [1.82, 2.24) is 38.8 Å². The van der Waals surface area contributed by atoms with Crippen LogP contribution in [0.4, 0.5) is 23.0 Å². The minimum atomic E-state index is -4.22. The van der Waals surface area contributed by atoms with Crippen molar-refractivity contribution in [3.05, 3.63) is 111 Å². The first-order chi connectivity index (χ1) is 41.9. The molecule has 0 radical (unpaired) electrons. The molecule has 9 rings (SSSR count). The number of ketones is 1. The topological polar surface area (TPSA) is 252 Å². The van der Waals surface area contributed by atoms with Crippen LogP contribution in [0.1, 0.15) is 100 Å². The number of rotatable bonds is 28. The summed E-state index contributed by atoms with van der Waals surface area (Å²) < 4.78 is 64.3. The number of carbonyl (C=O) groups excluding carboxylic acids is 3. The molecule has 3 N–H and O–H groups in total. The van der Waals surface area contributed by atoms with Gasteiger partial charge in [0.25, 0.3) is 15.6 Å². The Labute approximate surface area is 506 Å². The number of aryl methyl sites for hydroxylation is 3. The number of methoxy groups -OCH3 is 2. The van der Waals surface area contributed by atoms with Gasteiger partial charge >= 0.3 is 5.69 Å². The van der Waals surface area contributed by atoms with Crippen LogP contribution in [-0.2, 0) is 33.7 Å². The van der Waals surface area contributed by atoms with E-state index < -0.39 is 10.0 Å². The number of nitrogens with one attached hydrogen (secondary N) is 3. The molecule has 2 amide bonds. The van der Waals surface area contributed by atoms with E-state index >= 15 is 0 Å². The fourth-order valence-corrected chi connectivity index (χ4v) is 12.3. The second-order valence-electron chi connectivity index (χ2n) is 22.2. The van der Waals surface area contributed by atoms with Gasteiger partial charge in [0.1, 0.15) is 22.9 Å². The Hall–Kier alpha value is -8.64. The fourth-order valence-electron chi connectivity index (χ4n) is 11.2. The third-order valence-electron chi connectivity index (χ3n) is 16.0. The highest BCUT2D eigenvalue weighted by Crippen LogP contribution is 2.39. The largest absolute Gasteiger partial charge is 0.493 e. The molecule has 0 atom stereocenters. The lowest BCUT2D eigenvalue weighted by Crippen LogP contribution is -2.48. The van der Waals surface area contributed by atoms with Gasteiger partial charge in [0.05, 0.1) is 61.2 Å². The number of anilines is 4. The summed E-state index contributed by atoms with van der Waals surface area (Å²) in [5.74, 6) is 2.11. The number of hydrogen-bond donors (Lipinski definition) is 3. The maximum Gasteiger partial charge on any atom is 0.328 e. The zero-order chi connectivity index (χ0) is 61.9. The van der Waals surface area contributed by atoms with Crippen LogP contribution < -0.4 is 55.2 Å². The number of amides is 2. The maximum atomic E-state index is 13.9. The molecule has 4 heterocycles. The van der Waals surface area contributed by atoms with Gasteiger partial charge in [-0.05, 0) is 120 Å². The number of sulfonamides is 1. The van der Waals surface area contributed by atoms with E-state index in [1.807, 2.05) is 48.0 Å². The molecule has 2 aliphatic rings. The molecular formula is C63H79N11O12S. The van der Waals surface area contributed by atoms with Crippen LogP contribution in [0.3, 0.4) is 0 Å². The van der Waals surface area contributed by atoms with Crippen molar-refractivity contribution >= 4 is 72.7 Å². The van der Waals surface area contributed by atoms with Gasteiger partial charge < -0.3 is 44.1 Å². The zero-order valence-electron chi connectivity index (χ0n) is 50.9. The van der Waals surface area contributed by atoms with Gasteiger partial charge in [0.2, 0.25) is 17.8 Å². The van der Waals surface area contributed by atoms with Crippen molar-refractivity contribution in [3.63, 3.8) is 0 Å². The number of imidazole rings is 1. The van der Waals surface area contributed by atoms with E-state index in [2.05, 4.69) is 25.2 Å². The highest BCUT2D eigenvalue weighted by molar-refractivity contribution is 7.92. The number of aromatic nitrogens is 5. The second-order valence-corrected chi connectivity index (χ2v) is 23.9. The summed E-state index contributed by atoms with van der Waals surface area (Å²) in [7, 11) is 3.77. The summed E-state index contributed by atoms with van der Waals surface area (Å²) in [6.45, 7) is 9.98. The molecule has 1 saturated carbocycles. The fraction of sp³-hybridized carbons (Fsp3) is 0.444. The number of nitrogens with zero attached hydrogens (tertiary/aromatic N) is 8. The molecule has 0 unspecified atom stereocenters. The Morgan fingerprint density at radius 2 is 1.46 bits per heavy atom. The van der Waals surface area contributed by atoms with Crippen molar-refractivity contribution < 1.29 is 46.5 Å². The molecule has 2 fully saturated rings. The lowest BCUT2D eigenvalue weighted by molar-refractivity contribution is -0.131. The van der Waals surface area contributed by atoms with Crippen LogP contribution in [0.25, 0.3) is 22.1 Å². The van der Waals surface area contributed by atoms with Crippen LogP contribution >= 0.6 is 0 Å². The highest BCUT2D eigenvalue weighted by atomic mass is 32.2. The number of piperazine rings is 1. The van der Waals surface area contributed by atoms with Crippen LogP contribution in [0.2, 0.25) is 0 Å². The first-order valence-corrected chi connectivity index (χ1v) is 31.1. The van der Waals surface area contributed by atoms with Crippen molar-refractivity contribution in [1.29, 1.82) is 0 Å². The molecule has 464 valence electrons. The Kier molecular flexibility index (Phi) is 20.4. The van der Waals surface area contributed by atoms with Gasteiger partial charge in [0, 0.05) is 113 Å². The van der Waals surface area contributed by atoms with Gasteiger partial charge in [-0.1, -0.05) is 19.8 Å². The minimum Gasteiger partial charge on any atom is -0.493 e. The molecule has 87 heavy (non-hydrogen) atoms. The lowest BCUT2D eigenvalue weighted by Gasteiger charge is -2.36. The molecule has 1 aliphatic heterocycles. The summed E-state index contributed by atoms with van der Waals surface area (Å²) in [4.78, 5) is 80.7. The second kappa shape index (κ2) is 28.3. The van der Waals surface area contributed by atoms with E-state index in [-0.39, 0.29) is 69.1 Å². The summed E-state index contributed by atoms with van der Waals surface area (Å²) in [5.41, 5.74) is 3.65. The van der Waals surface area contributed by atoms with Crippen molar-refractivity contribution in [2.75, 3.05) is 95.2 Å². The summed E-state index contributed by atoms with van der Waals surface area (Å²) in [6, 6.07) is 20.5. The first-order valence-electron chi connectivity index (χ1n) is 29.7. The maximum absolute atomic E-state index is 13.9. The van der Waals surface area contributed by atoms with Gasteiger partial charge in [-0.2, -0.15) is 4.98 Å². The minimum absolute atomic E-state index is 0.00700. The van der Waals surface area contributed by atoms with E-state index in [1.165, 1.54) is 48.5 Å². The summed E-state index contributed by atoms with van der Waals surface area (Å²) in [6.07, 6.45) is 9.43. The number of Topliss-reactive ketones (excluding diaryl/α,β-unsaturated/α-hetero) is 1. The molecule has 0 spiro atoms. The van der Waals surface area contributed by atoms with Gasteiger partial charge in [-0.25, -0.2) is 18.2 Å². The monoisotopic (exact) mass is 1210 g/mol. The van der Waals surface area contributed by atoms with Crippen molar-refractivity contribution in [2.24, 2.45) is 14.1 Å². The first kappa shape index (κ1) is 62.9. The summed E-state index contributed by atoms with van der Waals surface area (Å²) >= 11 is 0. The standard InChI is InChI=1S/C63H79N11O12S/c1-9-31-84-46-33-47(35-48(34-46)86-55-38-53-52(70(5)63(79)71(53)6)37-51(55)68-87(80,81)49-23-24-54(82-7)56(36-49)83-8)85-32-15-14-26-69(4)40-57(76)64-25-13-12-18-58(77)73-29-27-72(28-30-73)44-21-19-43(20-22-44)66-62-65-39-50-41(2)59(42(3)75)61(78)74(60(50)67-62)45-16-10-11-17-45/h19-24,33-39,45,68H,9-18,25-32,40H2,1-8H3,(H,64,76)(H,65,66,67). The third-order valence-corrected chi connectivity index (χ3v) is 17.3. The molecule has 1 aliphatic carbocycles.